The second-order valence-corrected chi connectivity index (χ2v) is 11.1. The molecule has 0 radical (unpaired) electrons. The number of hydrogen-bond acceptors (Lipinski definition) is 3. The van der Waals surface area contributed by atoms with Crippen LogP contribution < -0.4 is 5.32 Å². The number of likely N-dealkylation sites (N-methyl/N-ethyl adjacent to an activating group) is 1. The first-order chi connectivity index (χ1) is 18.8. The molecule has 3 aromatic carbocycles. The largest absolute Gasteiger partial charge is 0.353 e. The fourth-order valence-corrected chi connectivity index (χ4v) is 5.91. The average molecular weight is 523 g/mol. The molecular formula is C33H38N4O2. The van der Waals surface area contributed by atoms with Crippen molar-refractivity contribution in [3.63, 3.8) is 0 Å². The Kier molecular flexibility index (Phi) is 7.58. The molecule has 0 aliphatic carbocycles. The van der Waals surface area contributed by atoms with Crippen molar-refractivity contribution in [1.29, 1.82) is 0 Å². The summed E-state index contributed by atoms with van der Waals surface area (Å²) in [5, 5.41) is 4.22. The van der Waals surface area contributed by atoms with Crippen LogP contribution in [0.3, 0.4) is 0 Å². The maximum atomic E-state index is 14.2. The summed E-state index contributed by atoms with van der Waals surface area (Å²) >= 11 is 0. The van der Waals surface area contributed by atoms with E-state index in [-0.39, 0.29) is 17.7 Å². The average Bonchev–Trinajstić information content (AvgIpc) is 3.38. The van der Waals surface area contributed by atoms with E-state index in [4.69, 9.17) is 0 Å². The van der Waals surface area contributed by atoms with Gasteiger partial charge in [0.25, 0.3) is 5.91 Å². The third kappa shape index (κ3) is 4.97. The van der Waals surface area contributed by atoms with Gasteiger partial charge in [0.05, 0.1) is 11.7 Å². The number of fused-ring (bicyclic) bond motifs is 2. The van der Waals surface area contributed by atoms with Gasteiger partial charge >= 0.3 is 0 Å². The molecule has 2 heterocycles. The highest BCUT2D eigenvalue weighted by molar-refractivity contribution is 6.04. The number of para-hydroxylation sites is 1. The fraction of sp³-hybridized carbons (Fsp3) is 0.333. The molecule has 1 N–H and O–H groups in total. The summed E-state index contributed by atoms with van der Waals surface area (Å²) < 4.78 is 2.22. The molecule has 2 amide bonds. The molecule has 0 fully saturated rings. The fourth-order valence-electron chi connectivity index (χ4n) is 5.91. The number of rotatable bonds is 9. The van der Waals surface area contributed by atoms with Crippen molar-refractivity contribution in [3.8, 4) is 11.3 Å². The van der Waals surface area contributed by atoms with Crippen LogP contribution in [0.1, 0.15) is 47.8 Å². The second kappa shape index (κ2) is 11.1. The predicted molar refractivity (Wildman–Crippen MR) is 158 cm³/mol. The molecule has 0 bridgehead atoms. The number of aryl methyl sites for hydroxylation is 1. The number of hydrogen-bond donors (Lipinski definition) is 1. The lowest BCUT2D eigenvalue weighted by atomic mass is 9.91. The van der Waals surface area contributed by atoms with Crippen molar-refractivity contribution in [2.24, 2.45) is 13.0 Å². The van der Waals surface area contributed by atoms with Crippen LogP contribution in [0.2, 0.25) is 0 Å². The first-order valence-electron chi connectivity index (χ1n) is 13.8. The minimum absolute atomic E-state index is 0.0871. The molecule has 2 unspecified atom stereocenters. The Hall–Kier alpha value is -3.90. The van der Waals surface area contributed by atoms with Crippen LogP contribution in [-0.2, 0) is 11.8 Å². The maximum Gasteiger partial charge on any atom is 0.255 e. The topological polar surface area (TPSA) is 57.6 Å². The zero-order chi connectivity index (χ0) is 27.7. The first-order valence-corrected chi connectivity index (χ1v) is 13.8. The van der Waals surface area contributed by atoms with E-state index in [0.717, 1.165) is 39.8 Å². The third-order valence-corrected chi connectivity index (χ3v) is 7.66. The van der Waals surface area contributed by atoms with Crippen LogP contribution >= 0.6 is 0 Å². The van der Waals surface area contributed by atoms with Crippen LogP contribution in [-0.4, -0.2) is 59.4 Å². The van der Waals surface area contributed by atoms with Crippen molar-refractivity contribution in [2.75, 3.05) is 27.2 Å². The lowest BCUT2D eigenvalue weighted by Gasteiger charge is -2.34. The number of aromatic nitrogens is 1. The Morgan fingerprint density at radius 1 is 0.949 bits per heavy atom. The molecule has 0 saturated carbocycles. The molecule has 2 atom stereocenters. The van der Waals surface area contributed by atoms with E-state index < -0.39 is 12.1 Å². The van der Waals surface area contributed by atoms with Gasteiger partial charge in [-0.05, 0) is 49.7 Å². The van der Waals surface area contributed by atoms with E-state index in [1.165, 1.54) is 0 Å². The summed E-state index contributed by atoms with van der Waals surface area (Å²) in [5.74, 6) is 0.0435. The molecular weight excluding hydrogens is 484 g/mol. The molecule has 4 aromatic rings. The van der Waals surface area contributed by atoms with Gasteiger partial charge in [-0.2, -0.15) is 0 Å². The number of benzene rings is 3. The van der Waals surface area contributed by atoms with Gasteiger partial charge in [0, 0.05) is 42.2 Å². The minimum atomic E-state index is -0.598. The Bertz CT molecular complexity index is 1490. The van der Waals surface area contributed by atoms with Gasteiger partial charge < -0.3 is 19.7 Å². The monoisotopic (exact) mass is 522 g/mol. The van der Waals surface area contributed by atoms with E-state index in [1.54, 1.807) is 0 Å². The molecule has 1 aliphatic rings. The van der Waals surface area contributed by atoms with Crippen molar-refractivity contribution in [1.82, 2.24) is 19.7 Å². The highest BCUT2D eigenvalue weighted by atomic mass is 16.2. The van der Waals surface area contributed by atoms with Crippen molar-refractivity contribution in [3.05, 3.63) is 95.6 Å². The summed E-state index contributed by atoms with van der Waals surface area (Å²) in [5.41, 5.74) is 5.92. The van der Waals surface area contributed by atoms with E-state index in [9.17, 15) is 9.59 Å². The zero-order valence-corrected chi connectivity index (χ0v) is 23.5. The van der Waals surface area contributed by atoms with Gasteiger partial charge in [-0.3, -0.25) is 9.59 Å². The standard InChI is InChI=1S/C33H38N4O2/c1-22(2)21-28(32(38)34-19-20-35(3)4)37-31(24-15-9-10-16-25(24)33(37)39)29-26-17-11-12-18-27(26)36(5)30(29)23-13-7-6-8-14-23/h6-18,22,28,31H,19-21H2,1-5H3,(H,34,38). The molecule has 6 heteroatoms. The van der Waals surface area contributed by atoms with Crippen LogP contribution in [0.25, 0.3) is 22.2 Å². The van der Waals surface area contributed by atoms with Gasteiger partial charge in [0.15, 0.2) is 0 Å². The number of carbonyl (C=O) groups excluding carboxylic acids is 2. The lowest BCUT2D eigenvalue weighted by molar-refractivity contribution is -0.126. The quantitative estimate of drug-likeness (QED) is 0.317. The smallest absolute Gasteiger partial charge is 0.255 e. The lowest BCUT2D eigenvalue weighted by Crippen LogP contribution is -2.50. The Balaban J connectivity index is 1.73. The maximum absolute atomic E-state index is 14.2. The Labute approximate surface area is 231 Å². The molecule has 1 aliphatic heterocycles. The van der Waals surface area contributed by atoms with Gasteiger partial charge in [0.1, 0.15) is 6.04 Å². The summed E-state index contributed by atoms with van der Waals surface area (Å²) in [4.78, 5) is 31.9. The highest BCUT2D eigenvalue weighted by Gasteiger charge is 2.46. The van der Waals surface area contributed by atoms with Gasteiger partial charge in [-0.1, -0.05) is 80.6 Å². The van der Waals surface area contributed by atoms with Gasteiger partial charge in [-0.15, -0.1) is 0 Å². The van der Waals surface area contributed by atoms with Gasteiger partial charge in [0.2, 0.25) is 5.91 Å². The summed E-state index contributed by atoms with van der Waals surface area (Å²) in [6.45, 7) is 5.48. The number of amides is 2. The van der Waals surface area contributed by atoms with E-state index in [2.05, 4.69) is 55.0 Å². The summed E-state index contributed by atoms with van der Waals surface area (Å²) in [6, 6.07) is 25.5. The summed E-state index contributed by atoms with van der Waals surface area (Å²) in [7, 11) is 6.06. The molecule has 5 rings (SSSR count). The molecule has 39 heavy (non-hydrogen) atoms. The van der Waals surface area contributed by atoms with Crippen molar-refractivity contribution >= 4 is 22.7 Å². The van der Waals surface area contributed by atoms with Crippen LogP contribution in [0.15, 0.2) is 78.9 Å². The molecule has 1 aromatic heterocycles. The second-order valence-electron chi connectivity index (χ2n) is 11.1. The first kappa shape index (κ1) is 26.7. The summed E-state index contributed by atoms with van der Waals surface area (Å²) in [6.07, 6.45) is 0.579. The van der Waals surface area contributed by atoms with Crippen molar-refractivity contribution in [2.45, 2.75) is 32.4 Å². The molecule has 202 valence electrons. The number of nitrogens with one attached hydrogen (secondary N) is 1. The van der Waals surface area contributed by atoms with E-state index in [0.29, 0.717) is 18.5 Å². The predicted octanol–water partition coefficient (Wildman–Crippen LogP) is 5.48. The van der Waals surface area contributed by atoms with Crippen LogP contribution in [0.5, 0.6) is 0 Å². The molecule has 6 nitrogen and oxygen atoms in total. The zero-order valence-electron chi connectivity index (χ0n) is 23.5. The van der Waals surface area contributed by atoms with Gasteiger partial charge in [-0.25, -0.2) is 0 Å². The molecule has 0 spiro atoms. The van der Waals surface area contributed by atoms with Crippen LogP contribution in [0, 0.1) is 5.92 Å². The normalized spacial score (nSPS) is 15.8. The Morgan fingerprint density at radius 3 is 2.33 bits per heavy atom. The number of carbonyl (C=O) groups is 2. The minimum Gasteiger partial charge on any atom is -0.353 e. The molecule has 0 saturated heterocycles. The third-order valence-electron chi connectivity index (χ3n) is 7.66. The Morgan fingerprint density at radius 2 is 1.62 bits per heavy atom. The number of nitrogens with zero attached hydrogens (tertiary/aromatic N) is 3. The van der Waals surface area contributed by atoms with E-state index >= 15 is 0 Å². The van der Waals surface area contributed by atoms with Crippen LogP contribution in [0.4, 0.5) is 0 Å². The SMILES string of the molecule is CC(C)CC(C(=O)NCCN(C)C)N1C(=O)c2ccccc2C1c1c(-c2ccccc2)n(C)c2ccccc12. The van der Waals surface area contributed by atoms with E-state index in [1.807, 2.05) is 78.5 Å². The highest BCUT2D eigenvalue weighted by Crippen LogP contribution is 2.47. The van der Waals surface area contributed by atoms with Crippen molar-refractivity contribution < 1.29 is 9.59 Å².